The predicted octanol–water partition coefficient (Wildman–Crippen LogP) is 1.40. The molecular formula is C14H21NO3. The van der Waals surface area contributed by atoms with Crippen molar-refractivity contribution >= 4 is 5.91 Å². The van der Waals surface area contributed by atoms with Crippen LogP contribution in [0.5, 0.6) is 0 Å². The largest absolute Gasteiger partial charge is 0.346 e. The van der Waals surface area contributed by atoms with E-state index in [1.165, 1.54) is 6.42 Å². The third kappa shape index (κ3) is 1.77. The molecule has 2 aliphatic carbocycles. The summed E-state index contributed by atoms with van der Waals surface area (Å²) in [5.41, 5.74) is 0. The van der Waals surface area contributed by atoms with Crippen LogP contribution in [0.1, 0.15) is 32.1 Å². The number of hydrogen-bond donors (Lipinski definition) is 0. The lowest BCUT2D eigenvalue weighted by Crippen LogP contribution is -2.52. The molecule has 2 atom stereocenters. The average Bonchev–Trinajstić information content (AvgIpc) is 2.80. The summed E-state index contributed by atoms with van der Waals surface area (Å²) >= 11 is 0. The zero-order valence-electron chi connectivity index (χ0n) is 10.8. The zero-order chi connectivity index (χ0) is 12.2. The summed E-state index contributed by atoms with van der Waals surface area (Å²) in [6, 6.07) is 0. The van der Waals surface area contributed by atoms with Gasteiger partial charge in [-0.1, -0.05) is 0 Å². The quantitative estimate of drug-likeness (QED) is 0.707. The molecule has 0 aromatic heterocycles. The first-order valence-corrected chi connectivity index (χ1v) is 7.32. The van der Waals surface area contributed by atoms with Gasteiger partial charge in [0.1, 0.15) is 0 Å². The fraction of sp³-hybridized carbons (Fsp3) is 0.929. The molecule has 0 N–H and O–H groups in total. The molecule has 4 nitrogen and oxygen atoms in total. The number of fused-ring (bicyclic) bond motifs is 1. The van der Waals surface area contributed by atoms with Crippen LogP contribution >= 0.6 is 0 Å². The van der Waals surface area contributed by atoms with Crippen LogP contribution < -0.4 is 0 Å². The summed E-state index contributed by atoms with van der Waals surface area (Å²) in [7, 11) is 0. The van der Waals surface area contributed by atoms with Crippen molar-refractivity contribution in [2.45, 2.75) is 37.9 Å². The first-order valence-electron chi connectivity index (χ1n) is 7.32. The van der Waals surface area contributed by atoms with Gasteiger partial charge in [-0.3, -0.25) is 4.79 Å². The van der Waals surface area contributed by atoms with Crippen molar-refractivity contribution in [1.29, 1.82) is 0 Å². The van der Waals surface area contributed by atoms with Crippen molar-refractivity contribution in [3.8, 4) is 0 Å². The maximum Gasteiger partial charge on any atom is 0.225 e. The topological polar surface area (TPSA) is 38.8 Å². The summed E-state index contributed by atoms with van der Waals surface area (Å²) in [5, 5.41) is 0. The van der Waals surface area contributed by atoms with Crippen molar-refractivity contribution in [2.24, 2.45) is 17.8 Å². The van der Waals surface area contributed by atoms with Crippen LogP contribution in [0.3, 0.4) is 0 Å². The molecule has 0 radical (unpaired) electrons. The van der Waals surface area contributed by atoms with Gasteiger partial charge in [0.25, 0.3) is 0 Å². The molecule has 4 aliphatic rings. The summed E-state index contributed by atoms with van der Waals surface area (Å²) < 4.78 is 11.5. The second-order valence-corrected chi connectivity index (χ2v) is 6.40. The summed E-state index contributed by atoms with van der Waals surface area (Å²) in [6.45, 7) is 2.89. The van der Waals surface area contributed by atoms with Gasteiger partial charge in [-0.15, -0.1) is 0 Å². The minimum atomic E-state index is -0.463. The Morgan fingerprint density at radius 1 is 1.11 bits per heavy atom. The van der Waals surface area contributed by atoms with Crippen LogP contribution in [0.15, 0.2) is 0 Å². The van der Waals surface area contributed by atoms with Gasteiger partial charge in [0, 0.05) is 18.9 Å². The fourth-order valence-corrected chi connectivity index (χ4v) is 4.08. The minimum Gasteiger partial charge on any atom is -0.346 e. The molecule has 4 rings (SSSR count). The number of carbonyl (C=O) groups excluding carboxylic acids is 1. The van der Waals surface area contributed by atoms with E-state index in [0.717, 1.165) is 44.1 Å². The first-order chi connectivity index (χ1) is 8.76. The Bertz CT molecular complexity index is 354. The number of rotatable bonds is 1. The van der Waals surface area contributed by atoms with Crippen LogP contribution in [0.25, 0.3) is 0 Å². The lowest BCUT2D eigenvalue weighted by atomic mass is 9.98. The number of likely N-dealkylation sites (tertiary alicyclic amines) is 1. The van der Waals surface area contributed by atoms with E-state index >= 15 is 0 Å². The maximum absolute atomic E-state index is 12.5. The van der Waals surface area contributed by atoms with E-state index in [9.17, 15) is 4.79 Å². The Balaban J connectivity index is 1.42. The molecule has 2 aliphatic heterocycles. The summed E-state index contributed by atoms with van der Waals surface area (Å²) in [6.07, 6.45) is 5.58. The second kappa shape index (κ2) is 3.94. The third-order valence-electron chi connectivity index (χ3n) is 5.14. The van der Waals surface area contributed by atoms with Crippen LogP contribution in [0.4, 0.5) is 0 Å². The lowest BCUT2D eigenvalue weighted by molar-refractivity contribution is -0.194. The fourth-order valence-electron chi connectivity index (χ4n) is 4.08. The lowest BCUT2D eigenvalue weighted by Gasteiger charge is -2.39. The molecule has 1 spiro atoms. The molecule has 0 aromatic rings. The van der Waals surface area contributed by atoms with E-state index in [0.29, 0.717) is 31.6 Å². The normalized spacial score (nSPS) is 41.1. The highest BCUT2D eigenvalue weighted by molar-refractivity contribution is 5.79. The van der Waals surface area contributed by atoms with Crippen LogP contribution in [-0.4, -0.2) is 42.9 Å². The molecular weight excluding hydrogens is 230 g/mol. The Kier molecular flexibility index (Phi) is 2.46. The van der Waals surface area contributed by atoms with Gasteiger partial charge in [0.15, 0.2) is 5.79 Å². The van der Waals surface area contributed by atoms with Crippen molar-refractivity contribution in [3.63, 3.8) is 0 Å². The molecule has 0 aromatic carbocycles. The molecule has 4 fully saturated rings. The van der Waals surface area contributed by atoms with Gasteiger partial charge in [0.2, 0.25) is 5.91 Å². The number of piperidine rings is 1. The van der Waals surface area contributed by atoms with Gasteiger partial charge >= 0.3 is 0 Å². The predicted molar refractivity (Wildman–Crippen MR) is 64.8 cm³/mol. The number of ether oxygens (including phenoxy) is 2. The number of hydrogen-bond acceptors (Lipinski definition) is 3. The van der Waals surface area contributed by atoms with E-state index in [2.05, 4.69) is 0 Å². The highest BCUT2D eigenvalue weighted by atomic mass is 16.7. The van der Waals surface area contributed by atoms with E-state index in [1.807, 2.05) is 4.90 Å². The molecule has 100 valence electrons. The number of amides is 1. The van der Waals surface area contributed by atoms with Crippen LogP contribution in [-0.2, 0) is 14.3 Å². The minimum absolute atomic E-state index is 0.297. The zero-order valence-corrected chi connectivity index (χ0v) is 10.8. The molecule has 2 unspecified atom stereocenters. The highest BCUT2D eigenvalue weighted by Gasteiger charge is 2.50. The van der Waals surface area contributed by atoms with Gasteiger partial charge in [0.05, 0.1) is 19.8 Å². The van der Waals surface area contributed by atoms with Crippen LogP contribution in [0.2, 0.25) is 0 Å². The van der Waals surface area contributed by atoms with Crippen LogP contribution in [0, 0.1) is 17.8 Å². The Morgan fingerprint density at radius 2 is 1.83 bits per heavy atom. The average molecular weight is 251 g/mol. The Hall–Kier alpha value is -0.610. The van der Waals surface area contributed by atoms with E-state index in [-0.39, 0.29) is 0 Å². The Labute approximate surface area is 108 Å². The molecule has 4 heteroatoms. The monoisotopic (exact) mass is 251 g/mol. The number of carbonyl (C=O) groups is 1. The summed E-state index contributed by atoms with van der Waals surface area (Å²) in [4.78, 5) is 14.5. The maximum atomic E-state index is 12.5. The summed E-state index contributed by atoms with van der Waals surface area (Å²) in [5.74, 6) is 1.94. The van der Waals surface area contributed by atoms with Crippen molar-refractivity contribution in [3.05, 3.63) is 0 Å². The van der Waals surface area contributed by atoms with Crippen molar-refractivity contribution in [1.82, 2.24) is 4.90 Å². The first kappa shape index (κ1) is 11.2. The molecule has 0 bridgehead atoms. The standard InChI is InChI=1S/C14H21NO3/c16-13(12-7-10-6-11(10)8-12)15-3-1-2-14(9-15)17-4-5-18-14/h10-12H,1-9H2. The van der Waals surface area contributed by atoms with Crippen molar-refractivity contribution in [2.75, 3.05) is 26.3 Å². The molecule has 18 heavy (non-hydrogen) atoms. The van der Waals surface area contributed by atoms with Crippen molar-refractivity contribution < 1.29 is 14.3 Å². The Morgan fingerprint density at radius 3 is 2.56 bits per heavy atom. The number of nitrogens with zero attached hydrogens (tertiary/aromatic N) is 1. The van der Waals surface area contributed by atoms with E-state index in [4.69, 9.17) is 9.47 Å². The van der Waals surface area contributed by atoms with Gasteiger partial charge in [-0.25, -0.2) is 0 Å². The molecule has 2 heterocycles. The van der Waals surface area contributed by atoms with Gasteiger partial charge in [-0.2, -0.15) is 0 Å². The van der Waals surface area contributed by atoms with E-state index in [1.54, 1.807) is 0 Å². The van der Waals surface area contributed by atoms with Gasteiger partial charge < -0.3 is 14.4 Å². The highest BCUT2D eigenvalue weighted by Crippen LogP contribution is 2.54. The van der Waals surface area contributed by atoms with Gasteiger partial charge in [-0.05, 0) is 37.5 Å². The third-order valence-corrected chi connectivity index (χ3v) is 5.14. The second-order valence-electron chi connectivity index (χ2n) is 6.40. The van der Waals surface area contributed by atoms with E-state index < -0.39 is 5.79 Å². The molecule has 1 amide bonds. The SMILES string of the molecule is O=C(C1CC2CC2C1)N1CCCC2(C1)OCCO2. The molecule has 2 saturated carbocycles. The molecule has 2 saturated heterocycles. The smallest absolute Gasteiger partial charge is 0.225 e.